The average molecular weight is 790 g/mol. The Bertz CT molecular complexity index is 2410. The summed E-state index contributed by atoms with van der Waals surface area (Å²) in [7, 11) is -5.32. The first-order chi connectivity index (χ1) is 25.9. The number of methoxy groups -OCH3 is 1. The van der Waals surface area contributed by atoms with Crippen LogP contribution in [0.25, 0.3) is 16.9 Å². The maximum atomic E-state index is 12.5. The highest BCUT2D eigenvalue weighted by Crippen LogP contribution is 2.35. The topological polar surface area (TPSA) is 172 Å². The number of sulfone groups is 2. The van der Waals surface area contributed by atoms with Gasteiger partial charge in [0.15, 0.2) is 25.5 Å². The summed E-state index contributed by atoms with van der Waals surface area (Å²) in [4.78, 5) is 35.9. The fourth-order valence-corrected chi connectivity index (χ4v) is 6.71. The first-order valence-electron chi connectivity index (χ1n) is 17.0. The number of aromatic nitrogens is 1. The van der Waals surface area contributed by atoms with E-state index in [0.29, 0.717) is 22.5 Å². The van der Waals surface area contributed by atoms with Crippen LogP contribution in [-0.2, 0) is 35.8 Å². The van der Waals surface area contributed by atoms with Gasteiger partial charge in [-0.05, 0) is 105 Å². The molecule has 0 saturated carbocycles. The molecule has 12 nitrogen and oxygen atoms in total. The molecule has 0 aliphatic carbocycles. The Morgan fingerprint density at radius 1 is 0.782 bits per heavy atom. The van der Waals surface area contributed by atoms with Crippen LogP contribution < -0.4 is 9.47 Å². The number of Topliss-reactive ketones (excluding diaryl/α,β-unsaturated/α-hetero) is 2. The van der Waals surface area contributed by atoms with Crippen LogP contribution in [0.15, 0.2) is 107 Å². The van der Waals surface area contributed by atoms with Gasteiger partial charge in [-0.15, -0.1) is 0 Å². The van der Waals surface area contributed by atoms with E-state index in [2.05, 4.69) is 0 Å². The zero-order valence-corrected chi connectivity index (χ0v) is 33.0. The van der Waals surface area contributed by atoms with E-state index in [1.54, 1.807) is 50.4 Å². The quantitative estimate of drug-likeness (QED) is 0.0910. The molecule has 0 fully saturated rings. The summed E-state index contributed by atoms with van der Waals surface area (Å²) in [5.74, 6) is 0.109. The highest BCUT2D eigenvalue weighted by atomic mass is 32.2. The maximum Gasteiger partial charge on any atom is 0.338 e. The van der Waals surface area contributed by atoms with Gasteiger partial charge in [0.1, 0.15) is 29.6 Å². The van der Waals surface area contributed by atoms with Gasteiger partial charge in [0.05, 0.1) is 40.3 Å². The third-order valence-electron chi connectivity index (χ3n) is 8.30. The number of aromatic hydroxyl groups is 1. The fourth-order valence-electron chi connectivity index (χ4n) is 5.42. The number of hydrogen-bond donors (Lipinski definition) is 1. The van der Waals surface area contributed by atoms with E-state index < -0.39 is 25.6 Å². The second-order valence-corrected chi connectivity index (χ2v) is 16.6. The van der Waals surface area contributed by atoms with Gasteiger partial charge in [-0.25, -0.2) is 21.6 Å². The van der Waals surface area contributed by atoms with Crippen LogP contribution >= 0.6 is 0 Å². The van der Waals surface area contributed by atoms with E-state index in [1.165, 1.54) is 43.3 Å². The number of ketones is 2. The van der Waals surface area contributed by atoms with E-state index in [9.17, 15) is 36.3 Å². The summed E-state index contributed by atoms with van der Waals surface area (Å²) in [6.07, 6.45) is 2.29. The van der Waals surface area contributed by atoms with Crippen molar-refractivity contribution in [1.29, 1.82) is 0 Å². The molecule has 0 radical (unpaired) electrons. The molecule has 5 rings (SSSR count). The number of benzene rings is 4. The average Bonchev–Trinajstić information content (AvgIpc) is 3.53. The Hall–Kier alpha value is -5.73. The molecular formula is C41H43NO11S2. The third-order valence-corrected chi connectivity index (χ3v) is 10.5. The minimum atomic E-state index is -3.47. The third kappa shape index (κ3) is 11.2. The number of carbonyl (C=O) groups excluding carboxylic acids is 3. The number of aryl methyl sites for hydroxylation is 1. The van der Waals surface area contributed by atoms with Crippen molar-refractivity contribution >= 4 is 37.2 Å². The number of phenols is 1. The SMILES string of the molecule is CCOC(=O)c1cccc(-n2c(C)ccc2-c2cc(S(C)(=O)=O)ccc2O)c1.COc1ccc(COc2ccc(S(C)(=O)=O)cc2C(=O)CCC(C)=O)cc1. The van der Waals surface area contributed by atoms with Crippen molar-refractivity contribution in [2.45, 2.75) is 50.0 Å². The minimum Gasteiger partial charge on any atom is -0.507 e. The Morgan fingerprint density at radius 3 is 2.05 bits per heavy atom. The summed E-state index contributed by atoms with van der Waals surface area (Å²) in [5, 5.41) is 10.4. The van der Waals surface area contributed by atoms with Crippen LogP contribution in [0.4, 0.5) is 0 Å². The molecule has 5 aromatic rings. The molecule has 290 valence electrons. The summed E-state index contributed by atoms with van der Waals surface area (Å²) >= 11 is 0. The van der Waals surface area contributed by atoms with Gasteiger partial charge in [-0.2, -0.15) is 0 Å². The van der Waals surface area contributed by atoms with E-state index in [1.807, 2.05) is 35.8 Å². The first-order valence-corrected chi connectivity index (χ1v) is 20.8. The molecule has 1 N–H and O–H groups in total. The molecule has 0 amide bonds. The van der Waals surface area contributed by atoms with Crippen LogP contribution in [0.5, 0.6) is 17.2 Å². The lowest BCUT2D eigenvalue weighted by molar-refractivity contribution is -0.117. The van der Waals surface area contributed by atoms with Gasteiger partial charge in [0, 0.05) is 42.3 Å². The zero-order chi connectivity index (χ0) is 40.5. The van der Waals surface area contributed by atoms with Crippen molar-refractivity contribution in [2.75, 3.05) is 26.2 Å². The maximum absolute atomic E-state index is 12.5. The van der Waals surface area contributed by atoms with Crippen LogP contribution in [0.3, 0.4) is 0 Å². The molecule has 0 bridgehead atoms. The zero-order valence-electron chi connectivity index (χ0n) is 31.4. The van der Waals surface area contributed by atoms with E-state index in [0.717, 1.165) is 29.5 Å². The van der Waals surface area contributed by atoms with E-state index in [4.69, 9.17) is 14.2 Å². The highest BCUT2D eigenvalue weighted by Gasteiger charge is 2.19. The Kier molecular flexibility index (Phi) is 13.8. The minimum absolute atomic E-state index is 0.00143. The molecule has 0 atom stereocenters. The van der Waals surface area contributed by atoms with E-state index in [-0.39, 0.29) is 64.5 Å². The van der Waals surface area contributed by atoms with Gasteiger partial charge >= 0.3 is 5.97 Å². The van der Waals surface area contributed by atoms with Crippen LogP contribution in [0, 0.1) is 6.92 Å². The summed E-state index contributed by atoms with van der Waals surface area (Å²) in [6, 6.07) is 26.2. The lowest BCUT2D eigenvalue weighted by Gasteiger charge is -2.15. The number of esters is 1. The molecule has 1 aromatic heterocycles. The van der Waals surface area contributed by atoms with Gasteiger partial charge in [0.25, 0.3) is 0 Å². The number of carbonyl (C=O) groups is 3. The number of rotatable bonds is 14. The molecule has 0 aliphatic rings. The molecule has 0 saturated heterocycles. The van der Waals surface area contributed by atoms with Gasteiger partial charge < -0.3 is 28.7 Å². The molecule has 0 spiro atoms. The largest absolute Gasteiger partial charge is 0.507 e. The monoisotopic (exact) mass is 789 g/mol. The smallest absolute Gasteiger partial charge is 0.338 e. The van der Waals surface area contributed by atoms with Crippen LogP contribution in [-0.4, -0.2) is 70.3 Å². The molecular weight excluding hydrogens is 747 g/mol. The molecule has 55 heavy (non-hydrogen) atoms. The highest BCUT2D eigenvalue weighted by molar-refractivity contribution is 7.91. The Labute approximate surface area is 321 Å². The lowest BCUT2D eigenvalue weighted by atomic mass is 10.0. The molecule has 1 heterocycles. The summed E-state index contributed by atoms with van der Waals surface area (Å²) in [5.41, 5.74) is 4.00. The molecule has 14 heteroatoms. The second-order valence-electron chi connectivity index (χ2n) is 12.6. The van der Waals surface area contributed by atoms with Crippen molar-refractivity contribution < 1.29 is 50.5 Å². The summed E-state index contributed by atoms with van der Waals surface area (Å²) in [6.45, 7) is 5.52. The standard InChI is InChI=1S/C21H21NO5S.C20H22O6S/c1-4-27-21(24)15-6-5-7-16(12-15)22-14(2)8-10-19(22)18-13-17(28(3,25)26)9-11-20(18)23;1-14(21)4-10-19(22)18-12-17(27(3,23)24)9-11-20(18)26-13-15-5-7-16(25-2)8-6-15/h5-13,23H,4H2,1-3H3;5-9,11-12H,4,10,13H2,1-3H3. The Morgan fingerprint density at radius 2 is 1.44 bits per heavy atom. The number of ether oxygens (including phenoxy) is 3. The van der Waals surface area contributed by atoms with Crippen molar-refractivity contribution in [3.05, 3.63) is 119 Å². The number of nitrogens with zero attached hydrogens (tertiary/aromatic N) is 1. The van der Waals surface area contributed by atoms with Gasteiger partial charge in [-0.1, -0.05) is 18.2 Å². The lowest BCUT2D eigenvalue weighted by Crippen LogP contribution is -2.08. The van der Waals surface area contributed by atoms with Crippen molar-refractivity contribution in [2.24, 2.45) is 0 Å². The normalized spacial score (nSPS) is 11.2. The van der Waals surface area contributed by atoms with Crippen molar-refractivity contribution in [3.63, 3.8) is 0 Å². The molecule has 4 aromatic carbocycles. The first kappa shape index (κ1) is 42.0. The van der Waals surface area contributed by atoms with Gasteiger partial charge in [-0.3, -0.25) is 4.79 Å². The fraction of sp³-hybridized carbons (Fsp3) is 0.244. The van der Waals surface area contributed by atoms with Crippen molar-refractivity contribution in [1.82, 2.24) is 4.57 Å². The van der Waals surface area contributed by atoms with Crippen LogP contribution in [0.2, 0.25) is 0 Å². The molecule has 0 unspecified atom stereocenters. The number of phenolic OH excluding ortho intramolecular Hbond substituents is 1. The van der Waals surface area contributed by atoms with Gasteiger partial charge in [0.2, 0.25) is 0 Å². The predicted molar refractivity (Wildman–Crippen MR) is 208 cm³/mol. The number of hydrogen-bond acceptors (Lipinski definition) is 11. The van der Waals surface area contributed by atoms with E-state index >= 15 is 0 Å². The summed E-state index contributed by atoms with van der Waals surface area (Å²) < 4.78 is 65.2. The van der Waals surface area contributed by atoms with Crippen molar-refractivity contribution in [3.8, 4) is 34.2 Å². The molecule has 0 aliphatic heterocycles. The second kappa shape index (κ2) is 18.1. The Balaban J connectivity index is 0.000000245. The predicted octanol–water partition coefficient (Wildman–Crippen LogP) is 6.97. The van der Waals surface area contributed by atoms with Crippen LogP contribution in [0.1, 0.15) is 58.7 Å².